The van der Waals surface area contributed by atoms with E-state index in [0.29, 0.717) is 13.0 Å². The molecule has 0 spiro atoms. The molecule has 0 aromatic rings. The number of aliphatic hydroxyl groups excluding tert-OH is 13. The summed E-state index contributed by atoms with van der Waals surface area (Å²) in [5.74, 6) is 0. The van der Waals surface area contributed by atoms with Crippen LogP contribution < -0.4 is 0 Å². The van der Waals surface area contributed by atoms with Crippen molar-refractivity contribution in [2.75, 3.05) is 33.0 Å². The fraction of sp³-hybridized carbons (Fsp3) is 1.00. The molecule has 0 aromatic heterocycles. The van der Waals surface area contributed by atoms with Gasteiger partial charge in [-0.25, -0.2) is 0 Å². The fourth-order valence-corrected chi connectivity index (χ4v) is 5.93. The van der Waals surface area contributed by atoms with Crippen LogP contribution in [0.15, 0.2) is 0 Å². The van der Waals surface area contributed by atoms with Gasteiger partial charge in [0.05, 0.1) is 25.9 Å². The molecule has 21 heteroatoms. The molecule has 4 rings (SSSR count). The minimum atomic E-state index is -1.70. The molecular formula is C31H58O21. The third-order valence-corrected chi connectivity index (χ3v) is 9.10. The Morgan fingerprint density at radius 1 is 0.404 bits per heavy atom. The van der Waals surface area contributed by atoms with Gasteiger partial charge in [0.2, 0.25) is 0 Å². The Hall–Kier alpha value is -0.840. The minimum absolute atomic E-state index is 0.177. The highest BCUT2D eigenvalue weighted by molar-refractivity contribution is 4.95. The molecule has 0 aliphatic carbocycles. The van der Waals surface area contributed by atoms with Crippen LogP contribution in [-0.4, -0.2) is 222 Å². The Kier molecular flexibility index (Phi) is 18.8. The highest BCUT2D eigenvalue weighted by Gasteiger charge is 2.52. The van der Waals surface area contributed by atoms with Gasteiger partial charge in [-0.1, -0.05) is 20.8 Å². The molecule has 4 fully saturated rings. The topological polar surface area (TPSA) is 337 Å². The fourth-order valence-electron chi connectivity index (χ4n) is 5.93. The van der Waals surface area contributed by atoms with Gasteiger partial charge in [-0.15, -0.1) is 0 Å². The van der Waals surface area contributed by atoms with E-state index in [2.05, 4.69) is 0 Å². The first kappa shape index (κ1) is 45.5. The molecule has 52 heavy (non-hydrogen) atoms. The maximum atomic E-state index is 11.0. The van der Waals surface area contributed by atoms with Gasteiger partial charge in [0.15, 0.2) is 25.2 Å². The van der Waals surface area contributed by atoms with E-state index in [-0.39, 0.29) is 13.0 Å². The number of ether oxygens (including phenoxy) is 8. The normalized spacial score (nSPS) is 47.1. The van der Waals surface area contributed by atoms with Crippen molar-refractivity contribution in [2.24, 2.45) is 0 Å². The average molecular weight is 767 g/mol. The minimum Gasteiger partial charge on any atom is -0.394 e. The van der Waals surface area contributed by atoms with E-state index in [1.165, 1.54) is 0 Å². The molecule has 20 atom stereocenters. The zero-order valence-electron chi connectivity index (χ0n) is 29.3. The first-order valence-corrected chi connectivity index (χ1v) is 17.5. The second-order valence-corrected chi connectivity index (χ2v) is 13.0. The summed E-state index contributed by atoms with van der Waals surface area (Å²) in [7, 11) is 0. The molecule has 21 nitrogen and oxygen atoms in total. The maximum Gasteiger partial charge on any atom is 0.187 e. The number of hydrogen-bond donors (Lipinski definition) is 13. The molecule has 4 aliphatic rings. The van der Waals surface area contributed by atoms with Crippen molar-refractivity contribution in [3.63, 3.8) is 0 Å². The summed E-state index contributed by atoms with van der Waals surface area (Å²) in [6.07, 6.45) is -26.2. The Bertz CT molecular complexity index is 994. The van der Waals surface area contributed by atoms with Crippen LogP contribution in [0.1, 0.15) is 40.0 Å². The summed E-state index contributed by atoms with van der Waals surface area (Å²) in [4.78, 5) is 0. The van der Waals surface area contributed by atoms with Gasteiger partial charge in [-0.2, -0.15) is 0 Å². The van der Waals surface area contributed by atoms with Crippen molar-refractivity contribution in [3.8, 4) is 0 Å². The summed E-state index contributed by atoms with van der Waals surface area (Å²) in [5.41, 5.74) is 0. The van der Waals surface area contributed by atoms with Crippen molar-refractivity contribution in [3.05, 3.63) is 0 Å². The first-order chi connectivity index (χ1) is 24.7. The molecule has 4 heterocycles. The Balaban J connectivity index is 0.000000406. The van der Waals surface area contributed by atoms with Crippen LogP contribution >= 0.6 is 0 Å². The third kappa shape index (κ3) is 10.9. The number of aliphatic hydroxyl groups is 13. The van der Waals surface area contributed by atoms with Gasteiger partial charge in [0, 0.05) is 13.2 Å². The van der Waals surface area contributed by atoms with Crippen LogP contribution in [0.4, 0.5) is 0 Å². The van der Waals surface area contributed by atoms with Gasteiger partial charge in [0.25, 0.3) is 0 Å². The smallest absolute Gasteiger partial charge is 0.187 e. The molecule has 0 saturated carbocycles. The van der Waals surface area contributed by atoms with E-state index in [0.717, 1.165) is 6.42 Å². The lowest BCUT2D eigenvalue weighted by molar-refractivity contribution is -0.365. The quantitative estimate of drug-likeness (QED) is 0.0781. The van der Waals surface area contributed by atoms with Crippen molar-refractivity contribution in [2.45, 2.75) is 163 Å². The summed E-state index contributed by atoms with van der Waals surface area (Å²) >= 11 is 0. The van der Waals surface area contributed by atoms with Crippen molar-refractivity contribution < 1.29 is 104 Å². The van der Waals surface area contributed by atoms with Crippen LogP contribution in [0.5, 0.6) is 0 Å². The van der Waals surface area contributed by atoms with Crippen LogP contribution in [0, 0.1) is 0 Å². The molecule has 0 unspecified atom stereocenters. The third-order valence-electron chi connectivity index (χ3n) is 9.10. The molecule has 308 valence electrons. The first-order valence-electron chi connectivity index (χ1n) is 17.5. The Labute approximate surface area is 300 Å². The predicted molar refractivity (Wildman–Crippen MR) is 168 cm³/mol. The van der Waals surface area contributed by atoms with E-state index in [9.17, 15) is 61.3 Å². The Morgan fingerprint density at radius 3 is 1.23 bits per heavy atom. The highest BCUT2D eigenvalue weighted by atomic mass is 16.8. The molecule has 4 saturated heterocycles. The lowest BCUT2D eigenvalue weighted by Crippen LogP contribution is -2.65. The van der Waals surface area contributed by atoms with Crippen molar-refractivity contribution >= 4 is 0 Å². The highest BCUT2D eigenvalue weighted by Crippen LogP contribution is 2.31. The molecule has 13 N–H and O–H groups in total. The zero-order chi connectivity index (χ0) is 38.9. The lowest BCUT2D eigenvalue weighted by atomic mass is 9.96. The monoisotopic (exact) mass is 766 g/mol. The molecule has 0 radical (unpaired) electrons. The molecule has 4 aliphatic heterocycles. The second kappa shape index (κ2) is 21.5. The standard InChI is InChI=1S/C22H40O15.C9H18O6/c1-3-5-32-21-18(31)19(37-22-17(30)14(27)11(24)8(4-2)34-22)13(26)10(36-21)7-33-20-16(29)15(28)12(25)9(6-23)35-20;1-2-3-14-9-8(13)7(12)6(11)5(4-10)15-9/h8-31H,3-7H2,1-2H3;5-13H,2-4H2,1H3/t8-,9-,10-,11-,12-,13-,14+,15+,16+,17+,18+,19+,20+,21+,22-;5-,6-,7+,8+,9+/m11/s1. The summed E-state index contributed by atoms with van der Waals surface area (Å²) in [6.45, 7) is 4.39. The van der Waals surface area contributed by atoms with Crippen LogP contribution in [0.2, 0.25) is 0 Å². The second-order valence-electron chi connectivity index (χ2n) is 13.0. The molecule has 0 amide bonds. The molecule has 0 bridgehead atoms. The van der Waals surface area contributed by atoms with E-state index >= 15 is 0 Å². The van der Waals surface area contributed by atoms with E-state index in [4.69, 9.17) is 43.0 Å². The summed E-state index contributed by atoms with van der Waals surface area (Å²) in [6, 6.07) is 0. The van der Waals surface area contributed by atoms with Crippen molar-refractivity contribution in [1.29, 1.82) is 0 Å². The van der Waals surface area contributed by atoms with Crippen molar-refractivity contribution in [1.82, 2.24) is 0 Å². The lowest BCUT2D eigenvalue weighted by Gasteiger charge is -2.46. The number of rotatable bonds is 14. The predicted octanol–water partition coefficient (Wildman–Crippen LogP) is -6.51. The van der Waals surface area contributed by atoms with Gasteiger partial charge in [0.1, 0.15) is 91.6 Å². The number of hydrogen-bond acceptors (Lipinski definition) is 21. The van der Waals surface area contributed by atoms with Gasteiger partial charge in [-0.05, 0) is 19.3 Å². The van der Waals surface area contributed by atoms with Crippen LogP contribution in [0.3, 0.4) is 0 Å². The van der Waals surface area contributed by atoms with Crippen LogP contribution in [0.25, 0.3) is 0 Å². The maximum absolute atomic E-state index is 11.0. The van der Waals surface area contributed by atoms with Crippen LogP contribution in [-0.2, 0) is 37.9 Å². The molecule has 0 aromatic carbocycles. The summed E-state index contributed by atoms with van der Waals surface area (Å²) in [5, 5.41) is 129. The van der Waals surface area contributed by atoms with E-state index in [1.807, 2.05) is 13.8 Å². The molecular weight excluding hydrogens is 708 g/mol. The van der Waals surface area contributed by atoms with E-state index < -0.39 is 143 Å². The van der Waals surface area contributed by atoms with Gasteiger partial charge >= 0.3 is 0 Å². The Morgan fingerprint density at radius 2 is 0.788 bits per heavy atom. The SMILES string of the molecule is CCCO[C@H]1O[C@H](CO)[C@@H](O)[C@H](O)[C@@H]1O.CCCO[C@H]1O[C@H](CO[C@H]2O[C@H](CO)[C@@H](O)[C@H](O)[C@@H]2O)[C@@H](O)[C@H](O[C@H]2O[C@H](CC)[C@@H](O)[C@H](O)[C@@H]2O)[C@@H]1O. The average Bonchev–Trinajstić information content (AvgIpc) is 3.14. The zero-order valence-corrected chi connectivity index (χ0v) is 29.3. The van der Waals surface area contributed by atoms with E-state index in [1.54, 1.807) is 6.92 Å². The largest absolute Gasteiger partial charge is 0.394 e. The van der Waals surface area contributed by atoms with Gasteiger partial charge in [-0.3, -0.25) is 0 Å². The summed E-state index contributed by atoms with van der Waals surface area (Å²) < 4.78 is 43.4. The van der Waals surface area contributed by atoms with Gasteiger partial charge < -0.3 is 104 Å².